The summed E-state index contributed by atoms with van der Waals surface area (Å²) in [5, 5.41) is 3.16. The number of hydrogen-bond acceptors (Lipinski definition) is 1. The second-order valence-corrected chi connectivity index (χ2v) is 5.60. The molecule has 1 aromatic rings. The van der Waals surface area contributed by atoms with Gasteiger partial charge in [0.1, 0.15) is 0 Å². The van der Waals surface area contributed by atoms with Gasteiger partial charge in [0.05, 0.1) is 0 Å². The topological polar surface area (TPSA) is 29.1 Å². The Morgan fingerprint density at radius 2 is 1.89 bits per heavy atom. The van der Waals surface area contributed by atoms with Gasteiger partial charge in [-0.2, -0.15) is 0 Å². The predicted molar refractivity (Wildman–Crippen MR) is 79.1 cm³/mol. The van der Waals surface area contributed by atoms with Crippen LogP contribution in [0.4, 0.5) is 0 Å². The summed E-state index contributed by atoms with van der Waals surface area (Å²) in [6.45, 7) is 2.96. The van der Waals surface area contributed by atoms with E-state index >= 15 is 0 Å². The van der Waals surface area contributed by atoms with Gasteiger partial charge in [0.25, 0.3) is 0 Å². The van der Waals surface area contributed by atoms with Crippen LogP contribution in [0.3, 0.4) is 0 Å². The van der Waals surface area contributed by atoms with Gasteiger partial charge in [0, 0.05) is 18.4 Å². The molecular weight excluding hydrogens is 234 g/mol. The Hall–Kier alpha value is -1.31. The minimum Gasteiger partial charge on any atom is -0.355 e. The molecule has 1 fully saturated rings. The number of hydrogen-bond donors (Lipinski definition) is 1. The van der Waals surface area contributed by atoms with Crippen LogP contribution in [0.1, 0.15) is 56.9 Å². The minimum absolute atomic E-state index is 0.266. The predicted octanol–water partition coefficient (Wildman–Crippen LogP) is 3.88. The Kier molecular flexibility index (Phi) is 5.44. The van der Waals surface area contributed by atoms with Crippen LogP contribution in [0, 0.1) is 5.92 Å². The molecular formula is C17H25NO. The van der Waals surface area contributed by atoms with E-state index in [2.05, 4.69) is 36.5 Å². The number of rotatable bonds is 5. The maximum absolute atomic E-state index is 12.1. The average molecular weight is 259 g/mol. The Bertz CT molecular complexity index is 382. The Labute approximate surface area is 116 Å². The van der Waals surface area contributed by atoms with Crippen LogP contribution >= 0.6 is 0 Å². The van der Waals surface area contributed by atoms with E-state index in [4.69, 9.17) is 0 Å². The summed E-state index contributed by atoms with van der Waals surface area (Å²) < 4.78 is 0. The van der Waals surface area contributed by atoms with Crippen LogP contribution in [0.2, 0.25) is 0 Å². The van der Waals surface area contributed by atoms with Crippen LogP contribution in [-0.4, -0.2) is 12.5 Å². The standard InChI is InChI=1S/C17H25NO/c1-2-14(15-9-5-3-6-10-15)13-18-17(19)16-11-7-4-8-12-16/h3,5-6,9-10,14,16H,2,4,7-8,11-13H2,1H3,(H,18,19). The highest BCUT2D eigenvalue weighted by Crippen LogP contribution is 2.24. The number of amides is 1. The largest absolute Gasteiger partial charge is 0.355 e. The maximum atomic E-state index is 12.1. The molecule has 2 rings (SSSR count). The zero-order valence-corrected chi connectivity index (χ0v) is 11.9. The Balaban J connectivity index is 1.84. The Morgan fingerprint density at radius 3 is 2.53 bits per heavy atom. The molecule has 1 aromatic carbocycles. The van der Waals surface area contributed by atoms with Gasteiger partial charge < -0.3 is 5.32 Å². The van der Waals surface area contributed by atoms with Gasteiger partial charge in [0.2, 0.25) is 5.91 Å². The van der Waals surface area contributed by atoms with E-state index in [9.17, 15) is 4.79 Å². The van der Waals surface area contributed by atoms with Crippen LogP contribution in [0.25, 0.3) is 0 Å². The molecule has 0 radical (unpaired) electrons. The summed E-state index contributed by atoms with van der Waals surface area (Å²) in [5.74, 6) is 0.977. The first kappa shape index (κ1) is 14.1. The van der Waals surface area contributed by atoms with Crippen molar-refractivity contribution in [3.8, 4) is 0 Å². The van der Waals surface area contributed by atoms with Gasteiger partial charge in [-0.1, -0.05) is 56.5 Å². The molecule has 0 bridgehead atoms. The van der Waals surface area contributed by atoms with Crippen LogP contribution in [-0.2, 0) is 4.79 Å². The van der Waals surface area contributed by atoms with Crippen LogP contribution < -0.4 is 5.32 Å². The highest BCUT2D eigenvalue weighted by atomic mass is 16.1. The van der Waals surface area contributed by atoms with E-state index in [1.54, 1.807) is 0 Å². The fourth-order valence-corrected chi connectivity index (χ4v) is 2.96. The second-order valence-electron chi connectivity index (χ2n) is 5.60. The smallest absolute Gasteiger partial charge is 0.223 e. The lowest BCUT2D eigenvalue weighted by Crippen LogP contribution is -2.34. The molecule has 1 aliphatic rings. The normalized spacial score (nSPS) is 17.9. The first-order chi connectivity index (χ1) is 9.31. The molecule has 19 heavy (non-hydrogen) atoms. The summed E-state index contributed by atoms with van der Waals surface area (Å²) in [4.78, 5) is 12.1. The lowest BCUT2D eigenvalue weighted by atomic mass is 9.88. The third-order valence-corrected chi connectivity index (χ3v) is 4.26. The lowest BCUT2D eigenvalue weighted by molar-refractivity contribution is -0.126. The molecule has 1 unspecified atom stereocenters. The summed E-state index contributed by atoms with van der Waals surface area (Å²) >= 11 is 0. The van der Waals surface area contributed by atoms with Crippen molar-refractivity contribution in [1.82, 2.24) is 5.32 Å². The molecule has 1 saturated carbocycles. The van der Waals surface area contributed by atoms with Gasteiger partial charge >= 0.3 is 0 Å². The monoisotopic (exact) mass is 259 g/mol. The van der Waals surface area contributed by atoms with E-state index in [-0.39, 0.29) is 11.8 Å². The highest BCUT2D eigenvalue weighted by molar-refractivity contribution is 5.78. The fourth-order valence-electron chi connectivity index (χ4n) is 2.96. The van der Waals surface area contributed by atoms with Crippen molar-refractivity contribution < 1.29 is 4.79 Å². The molecule has 0 aliphatic heterocycles. The second kappa shape index (κ2) is 7.32. The third-order valence-electron chi connectivity index (χ3n) is 4.26. The fraction of sp³-hybridized carbons (Fsp3) is 0.588. The molecule has 2 heteroatoms. The van der Waals surface area contributed by atoms with E-state index in [0.717, 1.165) is 25.8 Å². The van der Waals surface area contributed by atoms with Crippen molar-refractivity contribution in [2.45, 2.75) is 51.4 Å². The van der Waals surface area contributed by atoms with Crippen molar-refractivity contribution in [2.75, 3.05) is 6.54 Å². The van der Waals surface area contributed by atoms with Crippen molar-refractivity contribution in [2.24, 2.45) is 5.92 Å². The van der Waals surface area contributed by atoms with E-state index < -0.39 is 0 Å². The summed E-state index contributed by atoms with van der Waals surface area (Å²) in [5.41, 5.74) is 1.33. The third kappa shape index (κ3) is 4.09. The molecule has 1 N–H and O–H groups in total. The summed E-state index contributed by atoms with van der Waals surface area (Å²) in [6, 6.07) is 10.5. The number of carbonyl (C=O) groups is 1. The van der Waals surface area contributed by atoms with E-state index in [0.29, 0.717) is 5.92 Å². The molecule has 0 spiro atoms. The first-order valence-electron chi connectivity index (χ1n) is 7.64. The molecule has 0 saturated heterocycles. The Morgan fingerprint density at radius 1 is 1.21 bits per heavy atom. The minimum atomic E-state index is 0.266. The zero-order chi connectivity index (χ0) is 13.5. The van der Waals surface area contributed by atoms with Crippen LogP contribution in [0.15, 0.2) is 30.3 Å². The number of nitrogens with one attached hydrogen (secondary N) is 1. The summed E-state index contributed by atoms with van der Waals surface area (Å²) in [6.07, 6.45) is 6.95. The van der Waals surface area contributed by atoms with Crippen molar-refractivity contribution in [3.63, 3.8) is 0 Å². The highest BCUT2D eigenvalue weighted by Gasteiger charge is 2.21. The van der Waals surface area contributed by atoms with Crippen LogP contribution in [0.5, 0.6) is 0 Å². The van der Waals surface area contributed by atoms with Gasteiger partial charge in [-0.3, -0.25) is 4.79 Å². The van der Waals surface area contributed by atoms with Gasteiger partial charge in [-0.05, 0) is 24.8 Å². The summed E-state index contributed by atoms with van der Waals surface area (Å²) in [7, 11) is 0. The van der Waals surface area contributed by atoms with Crippen molar-refractivity contribution in [1.29, 1.82) is 0 Å². The maximum Gasteiger partial charge on any atom is 0.223 e. The van der Waals surface area contributed by atoms with Gasteiger partial charge in [-0.25, -0.2) is 0 Å². The molecule has 1 aliphatic carbocycles. The first-order valence-corrected chi connectivity index (χ1v) is 7.64. The van der Waals surface area contributed by atoms with Gasteiger partial charge in [-0.15, -0.1) is 0 Å². The molecule has 1 amide bonds. The SMILES string of the molecule is CCC(CNC(=O)C1CCCCC1)c1ccccc1. The molecule has 104 valence electrons. The lowest BCUT2D eigenvalue weighted by Gasteiger charge is -2.22. The van der Waals surface area contributed by atoms with Gasteiger partial charge in [0.15, 0.2) is 0 Å². The molecule has 1 atom stereocenters. The zero-order valence-electron chi connectivity index (χ0n) is 11.9. The molecule has 2 nitrogen and oxygen atoms in total. The molecule has 0 heterocycles. The number of carbonyl (C=O) groups excluding carboxylic acids is 1. The number of benzene rings is 1. The van der Waals surface area contributed by atoms with Crippen molar-refractivity contribution >= 4 is 5.91 Å². The molecule has 0 aromatic heterocycles. The van der Waals surface area contributed by atoms with Crippen molar-refractivity contribution in [3.05, 3.63) is 35.9 Å². The van der Waals surface area contributed by atoms with E-state index in [1.807, 2.05) is 6.07 Å². The quantitative estimate of drug-likeness (QED) is 0.854. The van der Waals surface area contributed by atoms with E-state index in [1.165, 1.54) is 24.8 Å². The average Bonchev–Trinajstić information content (AvgIpc) is 2.49.